The van der Waals surface area contributed by atoms with E-state index < -0.39 is 5.60 Å². The fourth-order valence-corrected chi connectivity index (χ4v) is 1.61. The molecule has 3 heteroatoms. The van der Waals surface area contributed by atoms with Crippen LogP contribution in [0.1, 0.15) is 26.7 Å². The molecule has 1 saturated heterocycles. The molecule has 1 fully saturated rings. The SMILES string of the molecule is CN1CCC(NCC(C)(C)O)CC1. The van der Waals surface area contributed by atoms with Gasteiger partial charge < -0.3 is 15.3 Å². The van der Waals surface area contributed by atoms with E-state index in [2.05, 4.69) is 17.3 Å². The molecule has 0 saturated carbocycles. The summed E-state index contributed by atoms with van der Waals surface area (Å²) in [6.45, 7) is 6.72. The molecule has 0 atom stereocenters. The Labute approximate surface area is 81.1 Å². The molecular weight excluding hydrogens is 164 g/mol. The minimum Gasteiger partial charge on any atom is -0.389 e. The van der Waals surface area contributed by atoms with Crippen molar-refractivity contribution in [3.05, 3.63) is 0 Å². The average molecular weight is 186 g/mol. The van der Waals surface area contributed by atoms with E-state index in [1.807, 2.05) is 13.8 Å². The quantitative estimate of drug-likeness (QED) is 0.671. The zero-order chi connectivity index (χ0) is 9.90. The van der Waals surface area contributed by atoms with Crippen LogP contribution in [-0.4, -0.2) is 48.3 Å². The van der Waals surface area contributed by atoms with E-state index in [1.165, 1.54) is 25.9 Å². The summed E-state index contributed by atoms with van der Waals surface area (Å²) in [6.07, 6.45) is 2.40. The molecule has 0 aromatic carbocycles. The molecule has 1 heterocycles. The van der Waals surface area contributed by atoms with Gasteiger partial charge in [0.2, 0.25) is 0 Å². The highest BCUT2D eigenvalue weighted by atomic mass is 16.3. The number of aliphatic hydroxyl groups is 1. The van der Waals surface area contributed by atoms with Crippen LogP contribution in [0, 0.1) is 0 Å². The van der Waals surface area contributed by atoms with Gasteiger partial charge >= 0.3 is 0 Å². The maximum Gasteiger partial charge on any atom is 0.0715 e. The molecule has 1 aliphatic rings. The normalized spacial score (nSPS) is 22.2. The first kappa shape index (κ1) is 11.0. The zero-order valence-corrected chi connectivity index (χ0v) is 9.01. The second-order valence-corrected chi connectivity index (χ2v) is 4.77. The second kappa shape index (κ2) is 4.40. The van der Waals surface area contributed by atoms with Crippen LogP contribution >= 0.6 is 0 Å². The molecule has 0 aliphatic carbocycles. The summed E-state index contributed by atoms with van der Waals surface area (Å²) in [7, 11) is 2.16. The molecule has 78 valence electrons. The molecule has 0 aromatic rings. The lowest BCUT2D eigenvalue weighted by atomic mass is 10.0. The number of nitrogens with zero attached hydrogens (tertiary/aromatic N) is 1. The summed E-state index contributed by atoms with van der Waals surface area (Å²) < 4.78 is 0. The first-order valence-electron chi connectivity index (χ1n) is 5.12. The molecule has 1 rings (SSSR count). The van der Waals surface area contributed by atoms with Crippen LogP contribution < -0.4 is 5.32 Å². The van der Waals surface area contributed by atoms with E-state index in [-0.39, 0.29) is 0 Å². The van der Waals surface area contributed by atoms with Crippen molar-refractivity contribution in [1.29, 1.82) is 0 Å². The Balaban J connectivity index is 2.16. The van der Waals surface area contributed by atoms with Crippen LogP contribution in [0.25, 0.3) is 0 Å². The number of hydrogen-bond acceptors (Lipinski definition) is 3. The van der Waals surface area contributed by atoms with Gasteiger partial charge in [-0.15, -0.1) is 0 Å². The van der Waals surface area contributed by atoms with Gasteiger partial charge in [-0.2, -0.15) is 0 Å². The molecule has 13 heavy (non-hydrogen) atoms. The third-order valence-corrected chi connectivity index (χ3v) is 2.54. The van der Waals surface area contributed by atoms with Crippen molar-refractivity contribution in [3.8, 4) is 0 Å². The van der Waals surface area contributed by atoms with Gasteiger partial charge in [-0.05, 0) is 46.8 Å². The van der Waals surface area contributed by atoms with Crippen LogP contribution in [0.4, 0.5) is 0 Å². The number of hydrogen-bond donors (Lipinski definition) is 2. The van der Waals surface area contributed by atoms with E-state index in [9.17, 15) is 5.11 Å². The van der Waals surface area contributed by atoms with Gasteiger partial charge in [0.05, 0.1) is 5.60 Å². The van der Waals surface area contributed by atoms with Crippen molar-refractivity contribution in [2.45, 2.75) is 38.3 Å². The highest BCUT2D eigenvalue weighted by Crippen LogP contribution is 2.09. The molecule has 1 aliphatic heterocycles. The fourth-order valence-electron chi connectivity index (χ4n) is 1.61. The van der Waals surface area contributed by atoms with Gasteiger partial charge in [0.15, 0.2) is 0 Å². The second-order valence-electron chi connectivity index (χ2n) is 4.77. The first-order chi connectivity index (χ1) is 5.97. The van der Waals surface area contributed by atoms with E-state index in [0.29, 0.717) is 12.6 Å². The van der Waals surface area contributed by atoms with Gasteiger partial charge in [0.25, 0.3) is 0 Å². The Morgan fingerprint density at radius 2 is 1.92 bits per heavy atom. The minimum absolute atomic E-state index is 0.580. The fraction of sp³-hybridized carbons (Fsp3) is 1.00. The van der Waals surface area contributed by atoms with Gasteiger partial charge in [0.1, 0.15) is 0 Å². The lowest BCUT2D eigenvalue weighted by Gasteiger charge is -2.31. The molecule has 0 spiro atoms. The standard InChI is InChI=1S/C10H22N2O/c1-10(2,13)8-11-9-4-6-12(3)7-5-9/h9,11,13H,4-8H2,1-3H3. The Hall–Kier alpha value is -0.120. The van der Waals surface area contributed by atoms with E-state index in [0.717, 1.165) is 0 Å². The Bertz CT molecular complexity index is 145. The topological polar surface area (TPSA) is 35.5 Å². The van der Waals surface area contributed by atoms with Crippen molar-refractivity contribution >= 4 is 0 Å². The van der Waals surface area contributed by atoms with Crippen LogP contribution in [0.5, 0.6) is 0 Å². The molecule has 0 unspecified atom stereocenters. The van der Waals surface area contributed by atoms with Crippen molar-refractivity contribution in [2.75, 3.05) is 26.7 Å². The van der Waals surface area contributed by atoms with Crippen LogP contribution in [0.2, 0.25) is 0 Å². The largest absolute Gasteiger partial charge is 0.389 e. The number of rotatable bonds is 3. The average Bonchev–Trinajstić information content (AvgIpc) is 2.02. The Kier molecular flexibility index (Phi) is 3.71. The third kappa shape index (κ3) is 4.60. The Morgan fingerprint density at radius 1 is 1.38 bits per heavy atom. The number of piperidine rings is 1. The minimum atomic E-state index is -0.580. The molecule has 2 N–H and O–H groups in total. The monoisotopic (exact) mass is 186 g/mol. The maximum atomic E-state index is 9.53. The molecule has 0 amide bonds. The predicted octanol–water partition coefficient (Wildman–Crippen LogP) is 0.441. The van der Waals surface area contributed by atoms with Crippen molar-refractivity contribution in [1.82, 2.24) is 10.2 Å². The first-order valence-corrected chi connectivity index (χ1v) is 5.12. The molecule has 0 radical (unpaired) electrons. The van der Waals surface area contributed by atoms with E-state index >= 15 is 0 Å². The lowest BCUT2D eigenvalue weighted by molar-refractivity contribution is 0.0727. The molecule has 0 bridgehead atoms. The highest BCUT2D eigenvalue weighted by Gasteiger charge is 2.19. The summed E-state index contributed by atoms with van der Waals surface area (Å²) in [4.78, 5) is 2.35. The van der Waals surface area contributed by atoms with Crippen LogP contribution in [-0.2, 0) is 0 Å². The van der Waals surface area contributed by atoms with Gasteiger partial charge in [-0.3, -0.25) is 0 Å². The Morgan fingerprint density at radius 3 is 2.38 bits per heavy atom. The summed E-state index contributed by atoms with van der Waals surface area (Å²) in [6, 6.07) is 0.600. The lowest BCUT2D eigenvalue weighted by Crippen LogP contribution is -2.45. The highest BCUT2D eigenvalue weighted by molar-refractivity contribution is 4.78. The molecule has 3 nitrogen and oxygen atoms in total. The molecule has 0 aromatic heterocycles. The van der Waals surface area contributed by atoms with Crippen LogP contribution in [0.15, 0.2) is 0 Å². The predicted molar refractivity (Wildman–Crippen MR) is 54.8 cm³/mol. The summed E-state index contributed by atoms with van der Waals surface area (Å²) in [5.74, 6) is 0. The number of likely N-dealkylation sites (tertiary alicyclic amines) is 1. The number of nitrogens with one attached hydrogen (secondary N) is 1. The third-order valence-electron chi connectivity index (χ3n) is 2.54. The van der Waals surface area contributed by atoms with Crippen molar-refractivity contribution in [2.24, 2.45) is 0 Å². The van der Waals surface area contributed by atoms with Crippen molar-refractivity contribution < 1.29 is 5.11 Å². The van der Waals surface area contributed by atoms with Crippen molar-refractivity contribution in [3.63, 3.8) is 0 Å². The zero-order valence-electron chi connectivity index (χ0n) is 9.01. The smallest absolute Gasteiger partial charge is 0.0715 e. The summed E-state index contributed by atoms with van der Waals surface area (Å²) in [5, 5.41) is 12.9. The van der Waals surface area contributed by atoms with Gasteiger partial charge in [0, 0.05) is 12.6 Å². The van der Waals surface area contributed by atoms with Crippen LogP contribution in [0.3, 0.4) is 0 Å². The van der Waals surface area contributed by atoms with E-state index in [1.54, 1.807) is 0 Å². The van der Waals surface area contributed by atoms with E-state index in [4.69, 9.17) is 0 Å². The maximum absolute atomic E-state index is 9.53. The summed E-state index contributed by atoms with van der Waals surface area (Å²) in [5.41, 5.74) is -0.580. The van der Waals surface area contributed by atoms with Gasteiger partial charge in [-0.1, -0.05) is 0 Å². The summed E-state index contributed by atoms with van der Waals surface area (Å²) >= 11 is 0. The molecular formula is C10H22N2O. The van der Waals surface area contributed by atoms with Gasteiger partial charge in [-0.25, -0.2) is 0 Å².